The number of carbonyl (C=O) groups is 1. The monoisotopic (exact) mass is 309 g/mol. The lowest BCUT2D eigenvalue weighted by Crippen LogP contribution is -2.36. The smallest absolute Gasteiger partial charge is 0.273 e. The molecule has 0 aliphatic carbocycles. The van der Waals surface area contributed by atoms with Gasteiger partial charge in [0, 0.05) is 27.7 Å². The largest absolute Gasteiger partial charge is 0.330 e. The molecule has 2 aromatic heterocycles. The SMILES string of the molecule is Cc1ccc(CN(C(=O)c2csc(CN)n2)C(C)C)s1. The molecular formula is C14H19N3OS2. The summed E-state index contributed by atoms with van der Waals surface area (Å²) in [4.78, 5) is 21.1. The Hall–Kier alpha value is -1.24. The Kier molecular flexibility index (Phi) is 4.91. The predicted molar refractivity (Wildman–Crippen MR) is 84.1 cm³/mol. The molecule has 0 fully saturated rings. The van der Waals surface area contributed by atoms with E-state index in [1.165, 1.54) is 21.1 Å². The van der Waals surface area contributed by atoms with Crippen LogP contribution in [-0.2, 0) is 13.1 Å². The van der Waals surface area contributed by atoms with Gasteiger partial charge in [0.05, 0.1) is 6.54 Å². The van der Waals surface area contributed by atoms with E-state index in [1.54, 1.807) is 16.7 Å². The number of thiazole rings is 1. The van der Waals surface area contributed by atoms with Gasteiger partial charge in [-0.05, 0) is 32.9 Å². The molecule has 1 amide bonds. The standard InChI is InChI=1S/C14H19N3OS2/c1-9(2)17(7-11-5-4-10(3)20-11)14(18)12-8-19-13(6-15)16-12/h4-5,8-9H,6-7,15H2,1-3H3. The minimum absolute atomic E-state index is 0.0259. The van der Waals surface area contributed by atoms with Crippen LogP contribution in [0.1, 0.15) is 39.1 Å². The second-order valence-corrected chi connectivity index (χ2v) is 7.18. The first-order valence-corrected chi connectivity index (χ1v) is 8.21. The van der Waals surface area contributed by atoms with Gasteiger partial charge in [-0.25, -0.2) is 4.98 Å². The molecule has 2 heterocycles. The van der Waals surface area contributed by atoms with Crippen LogP contribution in [0, 0.1) is 6.92 Å². The Balaban J connectivity index is 2.17. The first kappa shape index (κ1) is 15.2. The highest BCUT2D eigenvalue weighted by Gasteiger charge is 2.21. The van der Waals surface area contributed by atoms with Gasteiger partial charge in [0.2, 0.25) is 0 Å². The zero-order valence-electron chi connectivity index (χ0n) is 11.9. The van der Waals surface area contributed by atoms with Crippen LogP contribution < -0.4 is 5.73 Å². The first-order chi connectivity index (χ1) is 9.51. The van der Waals surface area contributed by atoms with E-state index >= 15 is 0 Å². The molecule has 2 rings (SSSR count). The van der Waals surface area contributed by atoms with Crippen molar-refractivity contribution in [2.24, 2.45) is 5.73 Å². The number of nitrogens with zero attached hydrogens (tertiary/aromatic N) is 2. The first-order valence-electron chi connectivity index (χ1n) is 6.52. The van der Waals surface area contributed by atoms with Crippen molar-refractivity contribution < 1.29 is 4.79 Å². The summed E-state index contributed by atoms with van der Waals surface area (Å²) in [5.41, 5.74) is 6.05. The Morgan fingerprint density at radius 2 is 2.20 bits per heavy atom. The van der Waals surface area contributed by atoms with E-state index in [-0.39, 0.29) is 11.9 Å². The Morgan fingerprint density at radius 3 is 2.70 bits per heavy atom. The summed E-state index contributed by atoms with van der Waals surface area (Å²) in [5.74, 6) is -0.0259. The van der Waals surface area contributed by atoms with Crippen LogP contribution in [0.15, 0.2) is 17.5 Å². The van der Waals surface area contributed by atoms with Crippen LogP contribution in [-0.4, -0.2) is 21.8 Å². The third-order valence-corrected chi connectivity index (χ3v) is 4.81. The molecule has 2 N–H and O–H groups in total. The molecule has 2 aromatic rings. The number of aryl methyl sites for hydroxylation is 1. The van der Waals surface area contributed by atoms with Crippen LogP contribution in [0.5, 0.6) is 0 Å². The second kappa shape index (κ2) is 6.47. The van der Waals surface area contributed by atoms with E-state index in [2.05, 4.69) is 24.0 Å². The maximum Gasteiger partial charge on any atom is 0.273 e. The normalized spacial score (nSPS) is 11.1. The van der Waals surface area contributed by atoms with Gasteiger partial charge < -0.3 is 10.6 Å². The minimum Gasteiger partial charge on any atom is -0.330 e. The van der Waals surface area contributed by atoms with Gasteiger partial charge in [0.1, 0.15) is 10.7 Å². The van der Waals surface area contributed by atoms with Gasteiger partial charge >= 0.3 is 0 Å². The number of nitrogens with two attached hydrogens (primary N) is 1. The van der Waals surface area contributed by atoms with Crippen LogP contribution in [0.25, 0.3) is 0 Å². The van der Waals surface area contributed by atoms with Crippen molar-refractivity contribution >= 4 is 28.6 Å². The van der Waals surface area contributed by atoms with Gasteiger partial charge in [-0.1, -0.05) is 0 Å². The van der Waals surface area contributed by atoms with Crippen LogP contribution >= 0.6 is 22.7 Å². The predicted octanol–water partition coefficient (Wildman–Crippen LogP) is 3.02. The van der Waals surface area contributed by atoms with Crippen LogP contribution in [0.4, 0.5) is 0 Å². The minimum atomic E-state index is -0.0259. The highest BCUT2D eigenvalue weighted by Crippen LogP contribution is 2.20. The van der Waals surface area contributed by atoms with Gasteiger partial charge in [-0.15, -0.1) is 22.7 Å². The van der Waals surface area contributed by atoms with E-state index in [4.69, 9.17) is 5.73 Å². The molecule has 4 nitrogen and oxygen atoms in total. The number of hydrogen-bond donors (Lipinski definition) is 1. The van der Waals surface area contributed by atoms with E-state index in [1.807, 2.05) is 18.7 Å². The molecule has 0 aromatic carbocycles. The Bertz CT molecular complexity index is 589. The van der Waals surface area contributed by atoms with Crippen molar-refractivity contribution in [2.75, 3.05) is 0 Å². The van der Waals surface area contributed by atoms with Gasteiger partial charge in [0.25, 0.3) is 5.91 Å². The molecule has 108 valence electrons. The summed E-state index contributed by atoms with van der Waals surface area (Å²) < 4.78 is 0. The Labute approximate surface area is 127 Å². The highest BCUT2D eigenvalue weighted by atomic mass is 32.1. The summed E-state index contributed by atoms with van der Waals surface area (Å²) >= 11 is 3.16. The fourth-order valence-corrected chi connectivity index (χ4v) is 3.41. The lowest BCUT2D eigenvalue weighted by molar-refractivity contribution is 0.0687. The maximum atomic E-state index is 12.6. The van der Waals surface area contributed by atoms with Crippen molar-refractivity contribution in [3.05, 3.63) is 38.0 Å². The molecule has 6 heteroatoms. The van der Waals surface area contributed by atoms with Gasteiger partial charge in [-0.2, -0.15) is 0 Å². The quantitative estimate of drug-likeness (QED) is 0.923. The van der Waals surface area contributed by atoms with Gasteiger partial charge in [-0.3, -0.25) is 4.79 Å². The van der Waals surface area contributed by atoms with Crippen molar-refractivity contribution in [3.63, 3.8) is 0 Å². The average Bonchev–Trinajstić information content (AvgIpc) is 3.03. The van der Waals surface area contributed by atoms with E-state index in [9.17, 15) is 4.79 Å². The third kappa shape index (κ3) is 3.45. The van der Waals surface area contributed by atoms with Crippen molar-refractivity contribution in [3.8, 4) is 0 Å². The third-order valence-electron chi connectivity index (χ3n) is 2.95. The van der Waals surface area contributed by atoms with Crippen molar-refractivity contribution in [2.45, 2.75) is 39.9 Å². The van der Waals surface area contributed by atoms with Crippen LogP contribution in [0.2, 0.25) is 0 Å². The number of thiophene rings is 1. The lowest BCUT2D eigenvalue weighted by atomic mass is 10.2. The molecule has 0 radical (unpaired) electrons. The second-order valence-electron chi connectivity index (χ2n) is 4.87. The number of rotatable bonds is 5. The van der Waals surface area contributed by atoms with E-state index in [0.717, 1.165) is 5.01 Å². The fourth-order valence-electron chi connectivity index (χ4n) is 1.88. The number of hydrogen-bond acceptors (Lipinski definition) is 5. The molecule has 0 unspecified atom stereocenters. The number of carbonyl (C=O) groups excluding carboxylic acids is 1. The molecule has 20 heavy (non-hydrogen) atoms. The summed E-state index contributed by atoms with van der Waals surface area (Å²) in [6.45, 7) is 7.13. The van der Waals surface area contributed by atoms with Crippen molar-refractivity contribution in [1.82, 2.24) is 9.88 Å². The summed E-state index contributed by atoms with van der Waals surface area (Å²) in [6.07, 6.45) is 0. The number of amides is 1. The molecule has 0 bridgehead atoms. The van der Waals surface area contributed by atoms with Gasteiger partial charge in [0.15, 0.2) is 0 Å². The molecule has 0 saturated carbocycles. The van der Waals surface area contributed by atoms with Crippen molar-refractivity contribution in [1.29, 1.82) is 0 Å². The lowest BCUT2D eigenvalue weighted by Gasteiger charge is -2.25. The molecule has 0 aliphatic heterocycles. The fraction of sp³-hybridized carbons (Fsp3) is 0.429. The molecule has 0 atom stereocenters. The Morgan fingerprint density at radius 1 is 1.45 bits per heavy atom. The molecule has 0 spiro atoms. The molecule has 0 aliphatic rings. The molecular weight excluding hydrogens is 290 g/mol. The van der Waals surface area contributed by atoms with E-state index < -0.39 is 0 Å². The molecule has 0 saturated heterocycles. The average molecular weight is 309 g/mol. The number of aromatic nitrogens is 1. The summed E-state index contributed by atoms with van der Waals surface area (Å²) in [6, 6.07) is 4.29. The van der Waals surface area contributed by atoms with E-state index in [0.29, 0.717) is 18.8 Å². The topological polar surface area (TPSA) is 59.2 Å². The zero-order valence-corrected chi connectivity index (χ0v) is 13.6. The zero-order chi connectivity index (χ0) is 14.7. The highest BCUT2D eigenvalue weighted by molar-refractivity contribution is 7.11. The maximum absolute atomic E-state index is 12.6. The summed E-state index contributed by atoms with van der Waals surface area (Å²) in [7, 11) is 0. The van der Waals surface area contributed by atoms with Crippen LogP contribution in [0.3, 0.4) is 0 Å². The summed E-state index contributed by atoms with van der Waals surface area (Å²) in [5, 5.41) is 2.59.